The Morgan fingerprint density at radius 3 is 0.907 bits per heavy atom. The molecular weight excluding hydrogens is 690 g/mol. The quantitative estimate of drug-likeness (QED) is 0.0467. The van der Waals surface area contributed by atoms with Gasteiger partial charge in [-0.3, -0.25) is 6.92 Å². The summed E-state index contributed by atoms with van der Waals surface area (Å²) in [5.41, 5.74) is 0. The van der Waals surface area contributed by atoms with Gasteiger partial charge in [0.2, 0.25) is 0 Å². The average molecular weight is 768 g/mol. The minimum Gasteiger partial charge on any atom is -0.391 e. The summed E-state index contributed by atoms with van der Waals surface area (Å²) in [6.45, 7) is 19.5. The van der Waals surface area contributed by atoms with Gasteiger partial charge in [-0.2, -0.15) is 0 Å². The monoisotopic (exact) mass is 767 g/mol. The molecule has 0 aliphatic heterocycles. The molecule has 43 heavy (non-hydrogen) atoms. The van der Waals surface area contributed by atoms with E-state index in [1.54, 1.807) is 0 Å². The molecule has 260 valence electrons. The molecule has 0 aliphatic carbocycles. The van der Waals surface area contributed by atoms with Crippen LogP contribution in [0.2, 0.25) is 0 Å². The van der Waals surface area contributed by atoms with Crippen molar-refractivity contribution in [3.63, 3.8) is 0 Å². The third kappa shape index (κ3) is 46.2. The summed E-state index contributed by atoms with van der Waals surface area (Å²) in [5, 5.41) is 9.42. The Morgan fingerprint density at radius 2 is 0.674 bits per heavy atom. The first-order chi connectivity index (χ1) is 18.8. The van der Waals surface area contributed by atoms with E-state index in [-0.39, 0.29) is 86.9 Å². The van der Waals surface area contributed by atoms with Crippen molar-refractivity contribution in [1.29, 1.82) is 0 Å². The van der Waals surface area contributed by atoms with Crippen molar-refractivity contribution in [2.75, 3.05) is 33.0 Å². The summed E-state index contributed by atoms with van der Waals surface area (Å²) < 4.78 is 22.8. The van der Waals surface area contributed by atoms with Crippen LogP contribution in [0.1, 0.15) is 170 Å². The van der Waals surface area contributed by atoms with Gasteiger partial charge < -0.3 is 38.9 Å². The van der Waals surface area contributed by atoms with Crippen LogP contribution in [0.4, 0.5) is 0 Å². The molecule has 5 nitrogen and oxygen atoms in total. The van der Waals surface area contributed by atoms with Crippen LogP contribution < -0.4 is 0 Å². The fourth-order valence-corrected chi connectivity index (χ4v) is 4.15. The van der Waals surface area contributed by atoms with Gasteiger partial charge in [0.05, 0.1) is 19.8 Å². The van der Waals surface area contributed by atoms with Crippen LogP contribution in [-0.4, -0.2) is 49.7 Å². The molecule has 1 N–H and O–H groups in total. The average Bonchev–Trinajstić information content (AvgIpc) is 2.92. The van der Waals surface area contributed by atoms with Gasteiger partial charge in [-0.05, 0) is 39.5 Å². The van der Waals surface area contributed by atoms with Gasteiger partial charge in [0.15, 0.2) is 5.79 Å². The number of aliphatic hydroxyl groups excluding tert-OH is 1. The molecule has 0 amide bonds. The Kier molecular flexibility index (Phi) is 58.6. The Hall–Kier alpha value is 2.01. The predicted molar refractivity (Wildman–Crippen MR) is 181 cm³/mol. The van der Waals surface area contributed by atoms with Crippen LogP contribution in [0.5, 0.6) is 0 Å². The number of unbranched alkanes of at least 4 members (excludes halogenated alkanes) is 16. The predicted octanol–water partition coefficient (Wildman–Crippen LogP) is 11.1. The van der Waals surface area contributed by atoms with Gasteiger partial charge >= 0.3 is 0 Å². The van der Waals surface area contributed by atoms with E-state index in [1.165, 1.54) is 103 Å². The van der Waals surface area contributed by atoms with Gasteiger partial charge in [-0.25, -0.2) is 0 Å². The third-order valence-corrected chi connectivity index (χ3v) is 6.91. The van der Waals surface area contributed by atoms with E-state index in [0.717, 1.165) is 38.9 Å². The van der Waals surface area contributed by atoms with Crippen LogP contribution in [0.15, 0.2) is 0 Å². The Morgan fingerprint density at radius 1 is 0.442 bits per heavy atom. The Labute approximate surface area is 323 Å². The van der Waals surface area contributed by atoms with Gasteiger partial charge in [-0.1, -0.05) is 130 Å². The maximum atomic E-state index is 9.42. The number of ether oxygens (including phenoxy) is 4. The van der Waals surface area contributed by atoms with Crippen molar-refractivity contribution in [2.24, 2.45) is 0 Å². The van der Waals surface area contributed by atoms with Gasteiger partial charge in [0, 0.05) is 84.4 Å². The summed E-state index contributed by atoms with van der Waals surface area (Å²) in [7, 11) is 0. The zero-order chi connectivity index (χ0) is 29.5. The first kappa shape index (κ1) is 57.3. The summed E-state index contributed by atoms with van der Waals surface area (Å²) >= 11 is 0. The molecule has 0 fully saturated rings. The third-order valence-electron chi connectivity index (χ3n) is 6.91. The second-order valence-corrected chi connectivity index (χ2v) is 11.5. The first-order valence-electron chi connectivity index (χ1n) is 16.8. The molecule has 2 radical (unpaired) electrons. The summed E-state index contributed by atoms with van der Waals surface area (Å²) in [5.74, 6) is -1.47. The zero-order valence-electron chi connectivity index (χ0n) is 30.6. The minimum absolute atomic E-state index is 0. The van der Waals surface area contributed by atoms with E-state index in [9.17, 15) is 5.11 Å². The summed E-state index contributed by atoms with van der Waals surface area (Å²) in [6, 6.07) is 0. The second-order valence-electron chi connectivity index (χ2n) is 11.5. The van der Waals surface area contributed by atoms with Crippen molar-refractivity contribution >= 4 is 0 Å². The van der Waals surface area contributed by atoms with Crippen molar-refractivity contribution in [2.45, 2.75) is 182 Å². The van der Waals surface area contributed by atoms with E-state index in [4.69, 9.17) is 18.9 Å². The molecular formula is C36H77O5Y2-3. The molecule has 0 aromatic heterocycles. The van der Waals surface area contributed by atoms with Crippen molar-refractivity contribution in [3.05, 3.63) is 21.8 Å². The fraction of sp³-hybridized carbons (Fsp3) is 0.917. The SMILES string of the molecule is CCCCCCCOC(C)(CO)OCCCCCCC.[CH2-]C(C)(OCCCCCCC)OCCCCCCC.[CH3-].[CH3-].[Y].[Y]. The molecule has 0 aliphatic rings. The molecule has 0 bridgehead atoms. The Balaban J connectivity index is -0.000000146. The molecule has 0 saturated heterocycles. The smallest absolute Gasteiger partial charge is 0.188 e. The van der Waals surface area contributed by atoms with E-state index < -0.39 is 11.6 Å². The largest absolute Gasteiger partial charge is 0.391 e. The van der Waals surface area contributed by atoms with E-state index >= 15 is 0 Å². The standard InChI is InChI=1S/C17H36O3.C17H35O2.2CH3.2Y/c1-4-6-8-10-12-14-19-17(3,16-18)20-15-13-11-9-7-5-2;1-5-7-9-11-13-15-18-17(3,4)19-16-14-12-10-8-6-2;;;;/h18H,4-16H2,1-3H3;3,5-16H2,1-2,4H3;2*1H3;;/q;3*-1;;. The Bertz CT molecular complexity index is 433. The zero-order valence-corrected chi connectivity index (χ0v) is 36.3. The van der Waals surface area contributed by atoms with Crippen LogP contribution >= 0.6 is 0 Å². The number of aliphatic hydroxyl groups is 1. The fourth-order valence-electron chi connectivity index (χ4n) is 4.15. The molecule has 0 spiro atoms. The number of rotatable bonds is 29. The molecule has 0 saturated carbocycles. The second kappa shape index (κ2) is 44.0. The van der Waals surface area contributed by atoms with E-state index in [1.807, 2.05) is 13.8 Å². The number of hydrogen-bond donors (Lipinski definition) is 1. The minimum atomic E-state index is -0.810. The molecule has 7 heteroatoms. The number of hydrogen-bond acceptors (Lipinski definition) is 5. The topological polar surface area (TPSA) is 57.2 Å². The molecule has 0 aromatic carbocycles. The van der Waals surface area contributed by atoms with Gasteiger partial charge in [0.1, 0.15) is 0 Å². The van der Waals surface area contributed by atoms with E-state index in [0.29, 0.717) is 13.2 Å². The summed E-state index contributed by atoms with van der Waals surface area (Å²) in [4.78, 5) is 0. The molecule has 0 aromatic rings. The molecule has 0 unspecified atom stereocenters. The van der Waals surface area contributed by atoms with Gasteiger partial charge in [-0.15, -0.1) is 0 Å². The van der Waals surface area contributed by atoms with E-state index in [2.05, 4.69) is 34.6 Å². The summed E-state index contributed by atoms with van der Waals surface area (Å²) in [6.07, 6.45) is 24.8. The van der Waals surface area contributed by atoms with Crippen LogP contribution in [0, 0.1) is 21.8 Å². The van der Waals surface area contributed by atoms with Crippen LogP contribution in [0.25, 0.3) is 0 Å². The normalized spacial score (nSPS) is 10.9. The first-order valence-corrected chi connectivity index (χ1v) is 16.8. The molecule has 0 atom stereocenters. The van der Waals surface area contributed by atoms with Crippen LogP contribution in [0.3, 0.4) is 0 Å². The van der Waals surface area contributed by atoms with Crippen molar-refractivity contribution in [1.82, 2.24) is 0 Å². The van der Waals surface area contributed by atoms with Gasteiger partial charge in [0.25, 0.3) is 0 Å². The van der Waals surface area contributed by atoms with Crippen LogP contribution in [-0.2, 0) is 84.4 Å². The molecule has 0 heterocycles. The molecule has 0 rings (SSSR count). The maximum Gasteiger partial charge on any atom is 0.188 e. The van der Waals surface area contributed by atoms with Crippen molar-refractivity contribution < 1.29 is 89.5 Å². The maximum absolute atomic E-state index is 9.42. The van der Waals surface area contributed by atoms with Crippen molar-refractivity contribution in [3.8, 4) is 0 Å².